The van der Waals surface area contributed by atoms with Gasteiger partial charge in [-0.1, -0.05) is 0 Å². The summed E-state index contributed by atoms with van der Waals surface area (Å²) in [6.07, 6.45) is 0. The molecule has 0 unspecified atom stereocenters. The number of hydrogen-bond acceptors (Lipinski definition) is 1. The molecule has 2 N–H and O–H groups in total. The second-order valence-electron chi connectivity index (χ2n) is 0.473. The molecule has 0 atom stereocenters. The first kappa shape index (κ1) is 10.4. The Morgan fingerprint density at radius 3 is 1.50 bits per heavy atom. The summed E-state index contributed by atoms with van der Waals surface area (Å²) in [6, 6.07) is 0. The van der Waals surface area contributed by atoms with Crippen LogP contribution in [0.4, 0.5) is 0 Å². The van der Waals surface area contributed by atoms with Crippen molar-refractivity contribution in [3.8, 4) is 0 Å². The van der Waals surface area contributed by atoms with Crippen LogP contribution in [0.25, 0.3) is 0 Å². The molecule has 34 valence electrons. The maximum atomic E-state index is 9.09. The zero-order valence-electron chi connectivity index (χ0n) is 2.13. The summed E-state index contributed by atoms with van der Waals surface area (Å²) in [7, 11) is 0. The molecule has 0 aromatic heterocycles. The van der Waals surface area contributed by atoms with Crippen molar-refractivity contribution in [3.63, 3.8) is 0 Å². The zero-order valence-corrected chi connectivity index (χ0v) is 3.78. The predicted octanol–water partition coefficient (Wildman–Crippen LogP) is -0.331. The van der Waals surface area contributed by atoms with Gasteiger partial charge in [0.2, 0.25) is 0 Å². The molecule has 0 spiro atoms. The van der Waals surface area contributed by atoms with Gasteiger partial charge in [0, 0.05) is 11.2 Å². The molecule has 6 heteroatoms. The van der Waals surface area contributed by atoms with E-state index in [-0.39, 0.29) is 29.6 Å². The molecule has 0 aliphatic heterocycles. The van der Waals surface area contributed by atoms with Crippen LogP contribution >= 0.6 is 18.2 Å². The average Bonchev–Trinajstić information content (AvgIpc) is 0.722. The van der Waals surface area contributed by atoms with E-state index < -0.39 is 6.95 Å². The first-order valence-electron chi connectivity index (χ1n) is 0.752. The standard InChI is InChI=1S/ClH2O3P.Na.H/c1-5(2,3)4;;/h(H2,2,3,4);;. The summed E-state index contributed by atoms with van der Waals surface area (Å²) in [6.45, 7) is -4.17. The molecular weight excluding hydrogens is 137 g/mol. The third-order valence-corrected chi connectivity index (χ3v) is 0. The van der Waals surface area contributed by atoms with E-state index in [2.05, 4.69) is 11.2 Å². The summed E-state index contributed by atoms with van der Waals surface area (Å²) in [5.74, 6) is 0. The van der Waals surface area contributed by atoms with Gasteiger partial charge in [-0.2, -0.15) is 0 Å². The van der Waals surface area contributed by atoms with E-state index >= 15 is 0 Å². The number of hydrogen-bond donors (Lipinski definition) is 2. The Balaban J connectivity index is 0. The van der Waals surface area contributed by atoms with Gasteiger partial charge in [-0.05, 0) is 0 Å². The number of rotatable bonds is 0. The zero-order chi connectivity index (χ0) is 4.50. The molecule has 0 aromatic rings. The molecular formula is H3ClNaO3P. The van der Waals surface area contributed by atoms with Crippen molar-refractivity contribution in [1.29, 1.82) is 0 Å². The molecule has 3 nitrogen and oxygen atoms in total. The summed E-state index contributed by atoms with van der Waals surface area (Å²) in [5, 5.41) is 0. The molecule has 0 aliphatic carbocycles. The van der Waals surface area contributed by atoms with Gasteiger partial charge in [-0.15, -0.1) is 0 Å². The van der Waals surface area contributed by atoms with Crippen molar-refractivity contribution in [2.75, 3.05) is 0 Å². The van der Waals surface area contributed by atoms with Crippen molar-refractivity contribution in [1.82, 2.24) is 0 Å². The van der Waals surface area contributed by atoms with E-state index in [0.717, 1.165) is 0 Å². The Morgan fingerprint density at radius 2 is 1.50 bits per heavy atom. The van der Waals surface area contributed by atoms with Crippen molar-refractivity contribution in [3.05, 3.63) is 0 Å². The van der Waals surface area contributed by atoms with Gasteiger partial charge < -0.3 is 9.79 Å². The van der Waals surface area contributed by atoms with Gasteiger partial charge >= 0.3 is 36.5 Å². The molecule has 0 saturated heterocycles. The van der Waals surface area contributed by atoms with Crippen molar-refractivity contribution in [2.24, 2.45) is 0 Å². The quantitative estimate of drug-likeness (QED) is 0.358. The minimum absolute atomic E-state index is 0. The third-order valence-electron chi connectivity index (χ3n) is 0. The molecule has 0 rings (SSSR count). The van der Waals surface area contributed by atoms with Crippen LogP contribution in [0.3, 0.4) is 0 Å². The first-order valence-corrected chi connectivity index (χ1v) is 3.27. The van der Waals surface area contributed by atoms with E-state index in [0.29, 0.717) is 0 Å². The summed E-state index contributed by atoms with van der Waals surface area (Å²) in [4.78, 5) is 14.8. The van der Waals surface area contributed by atoms with Crippen LogP contribution in [-0.4, -0.2) is 39.3 Å². The predicted molar refractivity (Wildman–Crippen MR) is 25.0 cm³/mol. The Bertz CT molecular complexity index is 56.9. The molecule has 0 bridgehead atoms. The number of halogens is 1. The van der Waals surface area contributed by atoms with Crippen molar-refractivity contribution in [2.45, 2.75) is 0 Å². The summed E-state index contributed by atoms with van der Waals surface area (Å²) in [5.41, 5.74) is 0. The van der Waals surface area contributed by atoms with E-state index in [4.69, 9.17) is 14.4 Å². The van der Waals surface area contributed by atoms with E-state index in [1.165, 1.54) is 0 Å². The fraction of sp³-hybridized carbons (Fsp3) is 0. The van der Waals surface area contributed by atoms with Crippen LogP contribution in [0.15, 0.2) is 0 Å². The normalized spacial score (nSPS) is 9.83. The van der Waals surface area contributed by atoms with Gasteiger partial charge in [-0.25, -0.2) is 4.57 Å². The van der Waals surface area contributed by atoms with Crippen molar-refractivity contribution < 1.29 is 14.4 Å². The minimum atomic E-state index is -4.17. The van der Waals surface area contributed by atoms with Crippen LogP contribution in [0.1, 0.15) is 0 Å². The third kappa shape index (κ3) is 51.7. The summed E-state index contributed by atoms with van der Waals surface area (Å²) >= 11 is 4.20. The van der Waals surface area contributed by atoms with Gasteiger partial charge in [0.05, 0.1) is 0 Å². The molecule has 0 fully saturated rings. The fourth-order valence-electron chi connectivity index (χ4n) is 0. The molecule has 0 amide bonds. The average molecular weight is 140 g/mol. The van der Waals surface area contributed by atoms with Crippen LogP contribution in [-0.2, 0) is 4.57 Å². The van der Waals surface area contributed by atoms with Crippen LogP contribution < -0.4 is 0 Å². The Labute approximate surface area is 61.9 Å². The molecule has 0 aromatic carbocycles. The monoisotopic (exact) mass is 140 g/mol. The van der Waals surface area contributed by atoms with E-state index in [1.54, 1.807) is 0 Å². The van der Waals surface area contributed by atoms with Crippen LogP contribution in [0, 0.1) is 0 Å². The molecule has 0 saturated carbocycles. The topological polar surface area (TPSA) is 57.5 Å². The van der Waals surface area contributed by atoms with Gasteiger partial charge in [0.25, 0.3) is 0 Å². The molecule has 6 heavy (non-hydrogen) atoms. The SMILES string of the molecule is O=P(O)(O)Cl.[NaH]. The second kappa shape index (κ2) is 3.44. The molecule has 0 heterocycles. The van der Waals surface area contributed by atoms with Gasteiger partial charge in [0.15, 0.2) is 0 Å². The van der Waals surface area contributed by atoms with E-state index in [9.17, 15) is 0 Å². The van der Waals surface area contributed by atoms with Crippen LogP contribution in [0.5, 0.6) is 0 Å². The van der Waals surface area contributed by atoms with Gasteiger partial charge in [-0.3, -0.25) is 0 Å². The first-order chi connectivity index (χ1) is 2.00. The van der Waals surface area contributed by atoms with E-state index in [1.807, 2.05) is 0 Å². The molecule has 0 aliphatic rings. The van der Waals surface area contributed by atoms with Gasteiger partial charge in [0.1, 0.15) is 0 Å². The van der Waals surface area contributed by atoms with Crippen molar-refractivity contribution >= 4 is 47.7 Å². The summed E-state index contributed by atoms with van der Waals surface area (Å²) < 4.78 is 9.09. The second-order valence-corrected chi connectivity index (χ2v) is 2.74. The van der Waals surface area contributed by atoms with Crippen LogP contribution in [0.2, 0.25) is 0 Å². The fourth-order valence-corrected chi connectivity index (χ4v) is 0. The maximum absolute atomic E-state index is 9.09. The Morgan fingerprint density at radius 1 is 1.50 bits per heavy atom. The Kier molecular flexibility index (Phi) is 5.98. The Hall–Kier alpha value is 1.44. The molecule has 0 radical (unpaired) electrons.